The molecule has 580 valence electrons. The molecule has 12 heterocycles. The lowest BCUT2D eigenvalue weighted by molar-refractivity contribution is -0.120. The van der Waals surface area contributed by atoms with Crippen LogP contribution in [0.2, 0.25) is 20.1 Å². The molecule has 14 rings (SSSR count). The van der Waals surface area contributed by atoms with Crippen molar-refractivity contribution >= 4 is 98.2 Å². The number of aromatic nitrogens is 8. The van der Waals surface area contributed by atoms with Crippen LogP contribution >= 0.6 is 46.4 Å². The first-order chi connectivity index (χ1) is 53.3. The van der Waals surface area contributed by atoms with Gasteiger partial charge in [0.2, 0.25) is 35.4 Å². The highest BCUT2D eigenvalue weighted by atomic mass is 35.5. The number of fused-ring (bicyclic) bond motifs is 2. The number of ether oxygens (including phenoxy) is 3. The van der Waals surface area contributed by atoms with Crippen LogP contribution < -0.4 is 36.1 Å². The lowest BCUT2D eigenvalue weighted by atomic mass is 9.99. The number of hydrogen-bond acceptors (Lipinski definition) is 17. The molecule has 2 atom stereocenters. The number of pyridine rings is 6. The van der Waals surface area contributed by atoms with E-state index in [0.717, 1.165) is 138 Å². The number of carbonyl (C=O) groups is 5. The average Bonchev–Trinajstić information content (AvgIpc) is 1.58. The zero-order valence-electron chi connectivity index (χ0n) is 63.8. The second kappa shape index (κ2) is 34.9. The molecule has 5 N–H and O–H groups in total. The van der Waals surface area contributed by atoms with Crippen LogP contribution in [0.4, 0.5) is 4.79 Å². The Bertz CT molecular complexity index is 5150. The quantitative estimate of drug-likeness (QED) is 0.0422. The van der Waals surface area contributed by atoms with Gasteiger partial charge in [-0.1, -0.05) is 88.9 Å². The van der Waals surface area contributed by atoms with Crippen molar-refractivity contribution in [2.45, 2.75) is 142 Å². The predicted octanol–water partition coefficient (Wildman–Crippen LogP) is 13.9. The van der Waals surface area contributed by atoms with E-state index in [2.05, 4.69) is 80.0 Å². The Labute approximate surface area is 665 Å². The summed E-state index contributed by atoms with van der Waals surface area (Å²) in [5.74, 6) is 0.951. The maximum Gasteiger partial charge on any atom is 0.410 e. The van der Waals surface area contributed by atoms with Gasteiger partial charge in [-0.25, -0.2) is 14.8 Å². The molecule has 8 aromatic heterocycles. The van der Waals surface area contributed by atoms with E-state index in [0.29, 0.717) is 109 Å². The van der Waals surface area contributed by atoms with Gasteiger partial charge in [0.25, 0.3) is 0 Å². The minimum Gasteiger partial charge on any atom is -0.481 e. The zero-order chi connectivity index (χ0) is 78.4. The van der Waals surface area contributed by atoms with Crippen LogP contribution in [-0.2, 0) is 64.2 Å². The van der Waals surface area contributed by atoms with Crippen molar-refractivity contribution in [2.24, 2.45) is 14.1 Å². The lowest BCUT2D eigenvalue weighted by Crippen LogP contribution is -2.43. The van der Waals surface area contributed by atoms with Gasteiger partial charge in [-0.05, 0) is 102 Å². The fourth-order valence-corrected chi connectivity index (χ4v) is 16.4. The number of likely N-dealkylation sites (tertiary alicyclic amines) is 2. The molecule has 0 radical (unpaired) electrons. The summed E-state index contributed by atoms with van der Waals surface area (Å²) in [6.45, 7) is 15.5. The van der Waals surface area contributed by atoms with Gasteiger partial charge in [-0.15, -0.1) is 0 Å². The number of amides is 5. The molecule has 28 heteroatoms. The number of halogens is 4. The summed E-state index contributed by atoms with van der Waals surface area (Å²) < 4.78 is 21.3. The molecular formula is C83H92Cl4N16O8. The molecule has 0 bridgehead atoms. The summed E-state index contributed by atoms with van der Waals surface area (Å²) in [4.78, 5) is 95.0. The lowest BCUT2D eigenvalue weighted by Gasteiger charge is -2.31. The van der Waals surface area contributed by atoms with Crippen molar-refractivity contribution < 1.29 is 38.2 Å². The zero-order valence-corrected chi connectivity index (χ0v) is 66.8. The van der Waals surface area contributed by atoms with Gasteiger partial charge in [0.05, 0.1) is 85.7 Å². The van der Waals surface area contributed by atoms with E-state index in [9.17, 15) is 24.0 Å². The van der Waals surface area contributed by atoms with Gasteiger partial charge in [-0.3, -0.25) is 48.9 Å². The Morgan fingerprint density at radius 3 is 1.44 bits per heavy atom. The van der Waals surface area contributed by atoms with Crippen LogP contribution in [0.15, 0.2) is 122 Å². The monoisotopic (exact) mass is 1580 g/mol. The second-order valence-corrected chi connectivity index (χ2v) is 31.4. The van der Waals surface area contributed by atoms with Crippen molar-refractivity contribution in [3.05, 3.63) is 164 Å². The SMILES string of the molecule is COc1nc(-c2cccc(-c3ccnc(-c4cnc5c(CN6CCC(NC(C)=O)CC6)cn(C)c5c4)c3Cl)c2Cl)ccc1CN(C[C@@H]1CCC(=O)N1)C(=O)OC(C)(C)C.COc1nc(-c2cccc(-c3ccnc(-c4cnc5c(CN6CCC(NC(C)=O)CC6)cn(C)c5c4)c3Cl)c2Cl)ccc1CNC[C@@H]1CCC(=O)N1. The van der Waals surface area contributed by atoms with Crippen LogP contribution in [0.1, 0.15) is 108 Å². The maximum absolute atomic E-state index is 13.3. The standard InChI is InChI=1S/C44H50Cl2N8O5.C39H42Cl2N8O3/c1-26(55)49-30-15-18-53(19-16-30)23-29-22-52(5)36-20-28(21-48-40(29)36)41-39(46)33(14-17-47-41)32-8-7-9-34(38(32)45)35-12-10-27(42(51-35)58-6)24-54(43(57)59-44(2,3)4)25-31-11-13-37(56)50-31;1-23(50)45-27-12-15-49(16-13-27)22-26-21-48(2)33-17-25(19-44-37(26)33)38-36(41)30(11-14-43-38)29-5-4-6-31(35(29)40)32-9-7-24(39(47-32)52-3)18-42-20-28-8-10-34(51)46-28/h7-10,12,14,17,20-22,30-31H,11,13,15-16,18-19,23-25H2,1-6H3,(H,49,55)(H,50,56);4-7,9,11,14,17,19,21,27-28,42H,8,10,12-13,15-16,18,20,22H2,1-3H3,(H,45,50)(H,46,51)/t31-;28-/m00/s1. The number of rotatable bonds is 22. The molecule has 2 aromatic carbocycles. The number of aryl methyl sites for hydroxylation is 2. The van der Waals surface area contributed by atoms with E-state index in [1.807, 2.05) is 120 Å². The number of benzene rings is 2. The van der Waals surface area contributed by atoms with Gasteiger partial charge in [0.15, 0.2) is 0 Å². The molecular weight excluding hydrogens is 1490 g/mol. The number of hydrogen-bond donors (Lipinski definition) is 5. The van der Waals surface area contributed by atoms with Gasteiger partial charge in [0.1, 0.15) is 5.60 Å². The molecule has 4 saturated heterocycles. The summed E-state index contributed by atoms with van der Waals surface area (Å²) in [5.41, 5.74) is 15.4. The van der Waals surface area contributed by atoms with E-state index in [-0.39, 0.29) is 60.9 Å². The molecule has 4 fully saturated rings. The third-order valence-corrected chi connectivity index (χ3v) is 22.2. The van der Waals surface area contributed by atoms with E-state index in [4.69, 9.17) is 80.6 Å². The number of nitrogens with one attached hydrogen (secondary N) is 5. The van der Waals surface area contributed by atoms with Gasteiger partial charge >= 0.3 is 6.09 Å². The molecule has 10 aromatic rings. The Hall–Kier alpha value is -9.79. The maximum atomic E-state index is 13.3. The van der Waals surface area contributed by atoms with E-state index >= 15 is 0 Å². The minimum atomic E-state index is -0.702. The van der Waals surface area contributed by atoms with Crippen LogP contribution in [0, 0.1) is 0 Å². The van der Waals surface area contributed by atoms with Gasteiger partial charge < -0.3 is 54.8 Å². The fourth-order valence-electron chi connectivity index (χ4n) is 15.1. The van der Waals surface area contributed by atoms with Crippen molar-refractivity contribution in [3.8, 4) is 79.0 Å². The summed E-state index contributed by atoms with van der Waals surface area (Å²) in [5, 5.41) is 17.3. The summed E-state index contributed by atoms with van der Waals surface area (Å²) in [7, 11) is 7.18. The summed E-state index contributed by atoms with van der Waals surface area (Å²) in [6, 6.07) is 27.4. The number of piperidine rings is 2. The Kier molecular flexibility index (Phi) is 24.9. The number of nitrogens with zero attached hydrogens (tertiary/aromatic N) is 11. The van der Waals surface area contributed by atoms with Crippen molar-refractivity contribution in [3.63, 3.8) is 0 Å². The molecule has 4 aliphatic rings. The number of carbonyl (C=O) groups excluding carboxylic acids is 5. The predicted molar refractivity (Wildman–Crippen MR) is 433 cm³/mol. The first kappa shape index (κ1) is 79.3. The molecule has 0 unspecified atom stereocenters. The highest BCUT2D eigenvalue weighted by Crippen LogP contribution is 2.45. The van der Waals surface area contributed by atoms with Gasteiger partial charge in [0, 0.05) is 228 Å². The molecule has 111 heavy (non-hydrogen) atoms. The molecule has 24 nitrogen and oxygen atoms in total. The van der Waals surface area contributed by atoms with Crippen LogP contribution in [-0.4, -0.2) is 167 Å². The molecule has 4 aliphatic heterocycles. The first-order valence-electron chi connectivity index (χ1n) is 37.5. The highest BCUT2D eigenvalue weighted by molar-refractivity contribution is 6.40. The Morgan fingerprint density at radius 1 is 0.559 bits per heavy atom. The molecule has 5 amide bonds. The van der Waals surface area contributed by atoms with E-state index in [1.54, 1.807) is 38.3 Å². The largest absolute Gasteiger partial charge is 0.481 e. The Morgan fingerprint density at radius 2 is 1.00 bits per heavy atom. The van der Waals surface area contributed by atoms with Crippen LogP contribution in [0.5, 0.6) is 11.8 Å². The molecule has 0 aliphatic carbocycles. The van der Waals surface area contributed by atoms with Crippen LogP contribution in [0.3, 0.4) is 0 Å². The van der Waals surface area contributed by atoms with E-state index in [1.165, 1.54) is 7.11 Å². The summed E-state index contributed by atoms with van der Waals surface area (Å²) >= 11 is 28.6. The fraction of sp³-hybridized carbons (Fsp3) is 0.386. The molecule has 0 saturated carbocycles. The number of methoxy groups -OCH3 is 2. The first-order valence-corrected chi connectivity index (χ1v) is 39.0. The average molecular weight is 1580 g/mol. The second-order valence-electron chi connectivity index (χ2n) is 29.9. The summed E-state index contributed by atoms with van der Waals surface area (Å²) in [6.07, 6.45) is 17.1. The van der Waals surface area contributed by atoms with Crippen LogP contribution in [0.25, 0.3) is 89.4 Å². The Balaban J connectivity index is 0.000000196. The normalized spacial score (nSPS) is 16.5. The molecule has 0 spiro atoms. The smallest absolute Gasteiger partial charge is 0.410 e. The third-order valence-electron chi connectivity index (χ3n) is 20.6. The van der Waals surface area contributed by atoms with Crippen molar-refractivity contribution in [2.75, 3.05) is 53.5 Å². The van der Waals surface area contributed by atoms with Crippen molar-refractivity contribution in [1.82, 2.24) is 80.3 Å². The highest BCUT2D eigenvalue weighted by Gasteiger charge is 2.32. The topological polar surface area (TPSA) is 270 Å². The minimum absolute atomic E-state index is 0.0197. The van der Waals surface area contributed by atoms with Crippen molar-refractivity contribution in [1.29, 1.82) is 0 Å². The van der Waals surface area contributed by atoms with E-state index < -0.39 is 11.7 Å². The third kappa shape index (κ3) is 18.7. The van der Waals surface area contributed by atoms with Gasteiger partial charge in [-0.2, -0.15) is 0 Å².